The third kappa shape index (κ3) is 5.07. The van der Waals surface area contributed by atoms with Gasteiger partial charge in [0, 0.05) is 38.1 Å². The molecule has 2 aromatic carbocycles. The van der Waals surface area contributed by atoms with Crippen molar-refractivity contribution in [3.63, 3.8) is 0 Å². The predicted molar refractivity (Wildman–Crippen MR) is 118 cm³/mol. The molecule has 0 unspecified atom stereocenters. The fraction of sp³-hybridized carbons (Fsp3) is 0.417. The van der Waals surface area contributed by atoms with E-state index in [2.05, 4.69) is 15.5 Å². The molecule has 1 aliphatic heterocycles. The van der Waals surface area contributed by atoms with Crippen molar-refractivity contribution in [2.45, 2.75) is 24.8 Å². The molecular weight excluding hydrogens is 414 g/mol. The molecule has 0 bridgehead atoms. The smallest absolute Gasteiger partial charge is 0.319 e. The Bertz CT molecular complexity index is 961. The van der Waals surface area contributed by atoms with Gasteiger partial charge in [-0.3, -0.25) is 4.79 Å². The van der Waals surface area contributed by atoms with E-state index in [-0.39, 0.29) is 35.3 Å². The number of carbonyl (C=O) groups excluding carboxylic acids is 2. The van der Waals surface area contributed by atoms with Gasteiger partial charge in [-0.2, -0.15) is 0 Å². The van der Waals surface area contributed by atoms with E-state index >= 15 is 0 Å². The zero-order chi connectivity index (χ0) is 22.7. The van der Waals surface area contributed by atoms with Gasteiger partial charge in [0.05, 0.1) is 5.69 Å². The van der Waals surface area contributed by atoms with Crippen molar-refractivity contribution >= 4 is 17.6 Å². The highest BCUT2D eigenvalue weighted by atomic mass is 19.1. The molecule has 3 atom stereocenters. The van der Waals surface area contributed by atoms with Crippen LogP contribution in [-0.2, 0) is 4.79 Å². The van der Waals surface area contributed by atoms with Crippen molar-refractivity contribution in [1.29, 1.82) is 0 Å². The number of benzene rings is 2. The maximum atomic E-state index is 13.9. The maximum Gasteiger partial charge on any atom is 0.319 e. The summed E-state index contributed by atoms with van der Waals surface area (Å²) in [5, 5.41) is 5.43. The van der Waals surface area contributed by atoms with E-state index in [9.17, 15) is 18.4 Å². The number of piperazine rings is 1. The minimum Gasteiger partial charge on any atom is -0.340 e. The number of amides is 3. The lowest BCUT2D eigenvalue weighted by Gasteiger charge is -2.35. The van der Waals surface area contributed by atoms with Gasteiger partial charge in [0.25, 0.3) is 0 Å². The SMILES string of the molecule is CN1CCN(C(=O)[C@H]2C[C@@H](NC(=O)Nc3ccccc3F)C[C@@H]2c2ccc(F)cc2)CC1. The van der Waals surface area contributed by atoms with E-state index in [0.717, 1.165) is 18.7 Å². The number of anilines is 1. The largest absolute Gasteiger partial charge is 0.340 e. The van der Waals surface area contributed by atoms with Gasteiger partial charge < -0.3 is 20.4 Å². The van der Waals surface area contributed by atoms with Crippen LogP contribution in [0.25, 0.3) is 0 Å². The van der Waals surface area contributed by atoms with E-state index in [1.54, 1.807) is 24.3 Å². The van der Waals surface area contributed by atoms with Gasteiger partial charge in [-0.25, -0.2) is 13.6 Å². The second-order valence-corrected chi connectivity index (χ2v) is 8.64. The number of hydrogen-bond acceptors (Lipinski definition) is 3. The fourth-order valence-corrected chi connectivity index (χ4v) is 4.67. The van der Waals surface area contributed by atoms with E-state index < -0.39 is 11.8 Å². The summed E-state index contributed by atoms with van der Waals surface area (Å²) < 4.78 is 27.3. The molecular formula is C24H28F2N4O2. The minimum atomic E-state index is -0.513. The number of nitrogens with one attached hydrogen (secondary N) is 2. The lowest BCUT2D eigenvalue weighted by Crippen LogP contribution is -2.49. The predicted octanol–water partition coefficient (Wildman–Crippen LogP) is 3.42. The maximum absolute atomic E-state index is 13.9. The van der Waals surface area contributed by atoms with Crippen LogP contribution in [0.4, 0.5) is 19.3 Å². The summed E-state index contributed by atoms with van der Waals surface area (Å²) in [6.07, 6.45) is 1.04. The van der Waals surface area contributed by atoms with Gasteiger partial charge >= 0.3 is 6.03 Å². The Hall–Kier alpha value is -3.00. The van der Waals surface area contributed by atoms with Crippen molar-refractivity contribution in [3.8, 4) is 0 Å². The van der Waals surface area contributed by atoms with Crippen LogP contribution >= 0.6 is 0 Å². The van der Waals surface area contributed by atoms with Crippen LogP contribution in [0.5, 0.6) is 0 Å². The molecule has 0 aromatic heterocycles. The summed E-state index contributed by atoms with van der Waals surface area (Å²) in [7, 11) is 2.03. The summed E-state index contributed by atoms with van der Waals surface area (Å²) in [6, 6.07) is 11.4. The Kier molecular flexibility index (Phi) is 6.69. The minimum absolute atomic E-state index is 0.0752. The van der Waals surface area contributed by atoms with E-state index in [1.165, 1.54) is 24.3 Å². The van der Waals surface area contributed by atoms with Crippen molar-refractivity contribution in [2.24, 2.45) is 5.92 Å². The zero-order valence-corrected chi connectivity index (χ0v) is 18.1. The number of rotatable bonds is 4. The Morgan fingerprint density at radius 1 is 0.938 bits per heavy atom. The lowest BCUT2D eigenvalue weighted by atomic mass is 9.88. The molecule has 0 spiro atoms. The molecule has 2 aliphatic rings. The Labute approximate surface area is 186 Å². The van der Waals surface area contributed by atoms with E-state index in [0.29, 0.717) is 25.9 Å². The number of likely N-dealkylation sites (N-methyl/N-ethyl adjacent to an activating group) is 1. The van der Waals surface area contributed by atoms with Crippen molar-refractivity contribution in [1.82, 2.24) is 15.1 Å². The Morgan fingerprint density at radius 2 is 1.62 bits per heavy atom. The van der Waals surface area contributed by atoms with Crippen LogP contribution in [0.3, 0.4) is 0 Å². The molecule has 8 heteroatoms. The van der Waals surface area contributed by atoms with Gasteiger partial charge in [-0.15, -0.1) is 0 Å². The van der Waals surface area contributed by atoms with Gasteiger partial charge in [0.15, 0.2) is 0 Å². The van der Waals surface area contributed by atoms with E-state index in [1.807, 2.05) is 11.9 Å². The summed E-state index contributed by atoms with van der Waals surface area (Å²) in [5.74, 6) is -1.19. The second kappa shape index (κ2) is 9.65. The van der Waals surface area contributed by atoms with Crippen molar-refractivity contribution in [3.05, 3.63) is 65.7 Å². The summed E-state index contributed by atoms with van der Waals surface area (Å²) in [5.41, 5.74) is 0.987. The summed E-state index contributed by atoms with van der Waals surface area (Å²) in [6.45, 7) is 3.00. The number of carbonyl (C=O) groups is 2. The normalized spacial score (nSPS) is 23.7. The van der Waals surface area contributed by atoms with E-state index in [4.69, 9.17) is 0 Å². The second-order valence-electron chi connectivity index (χ2n) is 8.64. The monoisotopic (exact) mass is 442 g/mol. The molecule has 2 fully saturated rings. The molecule has 1 aliphatic carbocycles. The first kappa shape index (κ1) is 22.2. The standard InChI is InChI=1S/C24H28F2N4O2/c1-29-10-12-30(13-11-29)23(31)20-15-18(14-19(20)16-6-8-17(25)9-7-16)27-24(32)28-22-5-3-2-4-21(22)26/h2-9,18-20H,10-15H2,1H3,(H2,27,28,32)/t18-,19+,20-/m0/s1. The molecule has 0 radical (unpaired) electrons. The molecule has 1 saturated heterocycles. The summed E-state index contributed by atoms with van der Waals surface area (Å²) in [4.78, 5) is 29.9. The molecule has 32 heavy (non-hydrogen) atoms. The Morgan fingerprint density at radius 3 is 2.31 bits per heavy atom. The average molecular weight is 443 g/mol. The van der Waals surface area contributed by atoms with Gasteiger partial charge in [-0.1, -0.05) is 24.3 Å². The number of hydrogen-bond donors (Lipinski definition) is 2. The van der Waals surface area contributed by atoms with Gasteiger partial charge in [-0.05, 0) is 55.6 Å². The highest BCUT2D eigenvalue weighted by molar-refractivity contribution is 5.89. The van der Waals surface area contributed by atoms with Gasteiger partial charge in [0.1, 0.15) is 11.6 Å². The van der Waals surface area contributed by atoms with Crippen LogP contribution in [0, 0.1) is 17.6 Å². The molecule has 3 amide bonds. The first-order valence-electron chi connectivity index (χ1n) is 11.0. The van der Waals surface area contributed by atoms with Crippen LogP contribution in [0.15, 0.2) is 48.5 Å². The lowest BCUT2D eigenvalue weighted by molar-refractivity contribution is -0.137. The molecule has 2 N–H and O–H groups in total. The molecule has 6 nitrogen and oxygen atoms in total. The van der Waals surface area contributed by atoms with Gasteiger partial charge in [0.2, 0.25) is 5.91 Å². The Balaban J connectivity index is 1.47. The number of nitrogens with zero attached hydrogens (tertiary/aromatic N) is 2. The zero-order valence-electron chi connectivity index (χ0n) is 18.1. The quantitative estimate of drug-likeness (QED) is 0.763. The molecule has 2 aromatic rings. The first-order chi connectivity index (χ1) is 15.4. The molecule has 1 saturated carbocycles. The van der Waals surface area contributed by atoms with Crippen LogP contribution < -0.4 is 10.6 Å². The third-order valence-electron chi connectivity index (χ3n) is 6.45. The average Bonchev–Trinajstić information content (AvgIpc) is 3.19. The molecule has 170 valence electrons. The third-order valence-corrected chi connectivity index (χ3v) is 6.45. The van der Waals surface area contributed by atoms with Crippen LogP contribution in [0.2, 0.25) is 0 Å². The summed E-state index contributed by atoms with van der Waals surface area (Å²) >= 11 is 0. The highest BCUT2D eigenvalue weighted by Crippen LogP contribution is 2.41. The number of para-hydroxylation sites is 1. The topological polar surface area (TPSA) is 64.7 Å². The number of halogens is 2. The van der Waals surface area contributed by atoms with Crippen LogP contribution in [-0.4, -0.2) is 61.0 Å². The fourth-order valence-electron chi connectivity index (χ4n) is 4.67. The van der Waals surface area contributed by atoms with Crippen molar-refractivity contribution < 1.29 is 18.4 Å². The highest BCUT2D eigenvalue weighted by Gasteiger charge is 2.42. The molecule has 1 heterocycles. The first-order valence-corrected chi connectivity index (χ1v) is 11.0. The molecule has 4 rings (SSSR count). The number of urea groups is 1. The van der Waals surface area contributed by atoms with Crippen LogP contribution in [0.1, 0.15) is 24.3 Å². The van der Waals surface area contributed by atoms with Crippen molar-refractivity contribution in [2.75, 3.05) is 38.5 Å².